The Kier molecular flexibility index (Phi) is 5.27. The molecule has 1 aliphatic rings. The van der Waals surface area contributed by atoms with Crippen LogP contribution in [0.5, 0.6) is 0 Å². The van der Waals surface area contributed by atoms with Gasteiger partial charge in [0.15, 0.2) is 0 Å². The number of nitrogens with one attached hydrogen (secondary N) is 1. The van der Waals surface area contributed by atoms with Crippen molar-refractivity contribution in [3.05, 3.63) is 41.5 Å². The SMILES string of the molecule is O=C=Nc1ccccc1C(=O)NCCC1=CCCCC1. The van der Waals surface area contributed by atoms with E-state index in [0.717, 1.165) is 19.3 Å². The summed E-state index contributed by atoms with van der Waals surface area (Å²) in [4.78, 5) is 25.9. The fourth-order valence-electron chi connectivity index (χ4n) is 2.38. The first-order chi connectivity index (χ1) is 9.81. The highest BCUT2D eigenvalue weighted by atomic mass is 16.1. The molecule has 0 fully saturated rings. The van der Waals surface area contributed by atoms with Gasteiger partial charge in [-0.05, 0) is 44.2 Å². The minimum absolute atomic E-state index is 0.198. The molecule has 2 rings (SSSR count). The highest BCUT2D eigenvalue weighted by Gasteiger charge is 2.10. The molecule has 0 aliphatic heterocycles. The Morgan fingerprint density at radius 2 is 2.15 bits per heavy atom. The summed E-state index contributed by atoms with van der Waals surface area (Å²) in [5.41, 5.74) is 2.20. The van der Waals surface area contributed by atoms with Crippen LogP contribution >= 0.6 is 0 Å². The second-order valence-corrected chi connectivity index (χ2v) is 4.83. The second kappa shape index (κ2) is 7.41. The average molecular weight is 270 g/mol. The molecule has 4 heteroatoms. The van der Waals surface area contributed by atoms with Crippen molar-refractivity contribution in [3.63, 3.8) is 0 Å². The van der Waals surface area contributed by atoms with Crippen LogP contribution in [0.1, 0.15) is 42.5 Å². The molecule has 104 valence electrons. The van der Waals surface area contributed by atoms with Gasteiger partial charge in [-0.25, -0.2) is 4.79 Å². The lowest BCUT2D eigenvalue weighted by Crippen LogP contribution is -2.25. The van der Waals surface area contributed by atoms with Crippen LogP contribution in [0.15, 0.2) is 40.9 Å². The Morgan fingerprint density at radius 3 is 2.90 bits per heavy atom. The molecule has 4 nitrogen and oxygen atoms in total. The Bertz CT molecular complexity index is 557. The summed E-state index contributed by atoms with van der Waals surface area (Å²) < 4.78 is 0. The van der Waals surface area contributed by atoms with Gasteiger partial charge in [0.2, 0.25) is 6.08 Å². The number of carbonyl (C=O) groups is 1. The van der Waals surface area contributed by atoms with Gasteiger partial charge in [-0.2, -0.15) is 4.99 Å². The minimum Gasteiger partial charge on any atom is -0.352 e. The van der Waals surface area contributed by atoms with E-state index in [0.29, 0.717) is 17.8 Å². The van der Waals surface area contributed by atoms with Crippen molar-refractivity contribution >= 4 is 17.7 Å². The van der Waals surface area contributed by atoms with Crippen molar-refractivity contribution in [1.82, 2.24) is 5.32 Å². The van der Waals surface area contributed by atoms with E-state index >= 15 is 0 Å². The molecule has 0 spiro atoms. The van der Waals surface area contributed by atoms with Crippen LogP contribution in [0.25, 0.3) is 0 Å². The lowest BCUT2D eigenvalue weighted by molar-refractivity contribution is 0.0955. The molecule has 0 aromatic heterocycles. The zero-order chi connectivity index (χ0) is 14.2. The van der Waals surface area contributed by atoms with Gasteiger partial charge in [0, 0.05) is 6.54 Å². The van der Waals surface area contributed by atoms with Crippen LogP contribution in [0.4, 0.5) is 5.69 Å². The van der Waals surface area contributed by atoms with Gasteiger partial charge in [0.25, 0.3) is 5.91 Å². The van der Waals surface area contributed by atoms with Gasteiger partial charge >= 0.3 is 0 Å². The van der Waals surface area contributed by atoms with E-state index in [1.165, 1.54) is 24.5 Å². The fourth-order valence-corrected chi connectivity index (χ4v) is 2.38. The summed E-state index contributed by atoms with van der Waals surface area (Å²) in [5, 5.41) is 2.88. The van der Waals surface area contributed by atoms with Crippen LogP contribution in [-0.4, -0.2) is 18.5 Å². The number of para-hydroxylation sites is 1. The van der Waals surface area contributed by atoms with Crippen LogP contribution in [0, 0.1) is 0 Å². The quantitative estimate of drug-likeness (QED) is 0.507. The third-order valence-corrected chi connectivity index (χ3v) is 3.43. The van der Waals surface area contributed by atoms with Crippen molar-refractivity contribution in [2.24, 2.45) is 4.99 Å². The summed E-state index contributed by atoms with van der Waals surface area (Å²) >= 11 is 0. The molecule has 0 radical (unpaired) electrons. The van der Waals surface area contributed by atoms with Gasteiger partial charge in [-0.1, -0.05) is 23.8 Å². The Hall–Kier alpha value is -2.19. The predicted octanol–water partition coefficient (Wildman–Crippen LogP) is 3.27. The zero-order valence-electron chi connectivity index (χ0n) is 11.4. The number of allylic oxidation sites excluding steroid dienone is 1. The number of carbonyl (C=O) groups excluding carboxylic acids is 2. The fraction of sp³-hybridized carbons (Fsp3) is 0.375. The highest BCUT2D eigenvalue weighted by Crippen LogP contribution is 2.20. The summed E-state index contributed by atoms with van der Waals surface area (Å²) in [6, 6.07) is 6.77. The summed E-state index contributed by atoms with van der Waals surface area (Å²) in [6.07, 6.45) is 9.46. The summed E-state index contributed by atoms with van der Waals surface area (Å²) in [5.74, 6) is -0.198. The van der Waals surface area contributed by atoms with Crippen LogP contribution < -0.4 is 5.32 Å². The zero-order valence-corrected chi connectivity index (χ0v) is 11.4. The maximum atomic E-state index is 12.1. The largest absolute Gasteiger partial charge is 0.352 e. The van der Waals surface area contributed by atoms with Gasteiger partial charge in [-0.3, -0.25) is 4.79 Å². The number of isocyanates is 1. The molecule has 0 bridgehead atoms. The Morgan fingerprint density at radius 1 is 1.30 bits per heavy atom. The van der Waals surface area contributed by atoms with Crippen LogP contribution in [0.3, 0.4) is 0 Å². The van der Waals surface area contributed by atoms with Crippen molar-refractivity contribution in [1.29, 1.82) is 0 Å². The van der Waals surface area contributed by atoms with E-state index < -0.39 is 0 Å². The topological polar surface area (TPSA) is 58.5 Å². The van der Waals surface area contributed by atoms with Gasteiger partial charge in [-0.15, -0.1) is 0 Å². The van der Waals surface area contributed by atoms with Crippen molar-refractivity contribution in [3.8, 4) is 0 Å². The predicted molar refractivity (Wildman–Crippen MR) is 77.7 cm³/mol. The molecule has 20 heavy (non-hydrogen) atoms. The van der Waals surface area contributed by atoms with Gasteiger partial charge in [0.1, 0.15) is 0 Å². The minimum atomic E-state index is -0.198. The number of aliphatic imine (C=N–C) groups is 1. The average Bonchev–Trinajstić information content (AvgIpc) is 2.49. The first-order valence-corrected chi connectivity index (χ1v) is 6.94. The van der Waals surface area contributed by atoms with Crippen LogP contribution in [-0.2, 0) is 4.79 Å². The lowest BCUT2D eigenvalue weighted by atomic mass is 9.97. The Balaban J connectivity index is 1.91. The van der Waals surface area contributed by atoms with E-state index in [4.69, 9.17) is 0 Å². The van der Waals surface area contributed by atoms with E-state index in [1.54, 1.807) is 24.3 Å². The molecule has 1 amide bonds. The molecule has 0 saturated carbocycles. The maximum absolute atomic E-state index is 12.1. The molecule has 1 aromatic rings. The molecule has 0 atom stereocenters. The third-order valence-electron chi connectivity index (χ3n) is 3.43. The Labute approximate surface area is 118 Å². The first-order valence-electron chi connectivity index (χ1n) is 6.94. The first kappa shape index (κ1) is 14.2. The number of nitrogens with zero attached hydrogens (tertiary/aromatic N) is 1. The number of amides is 1. The smallest absolute Gasteiger partial charge is 0.253 e. The molecular formula is C16H18N2O2. The second-order valence-electron chi connectivity index (χ2n) is 4.83. The summed E-state index contributed by atoms with van der Waals surface area (Å²) in [7, 11) is 0. The molecule has 1 N–H and O–H groups in total. The monoisotopic (exact) mass is 270 g/mol. The van der Waals surface area contributed by atoms with Crippen molar-refractivity contribution < 1.29 is 9.59 Å². The van der Waals surface area contributed by atoms with E-state index in [2.05, 4.69) is 16.4 Å². The summed E-state index contributed by atoms with van der Waals surface area (Å²) in [6.45, 7) is 0.615. The third kappa shape index (κ3) is 3.90. The standard InChI is InChI=1S/C16H18N2O2/c19-12-18-15-9-5-4-8-14(15)16(20)17-11-10-13-6-2-1-3-7-13/h4-6,8-9H,1-3,7,10-11H2,(H,17,20). The van der Waals surface area contributed by atoms with Crippen molar-refractivity contribution in [2.75, 3.05) is 6.54 Å². The van der Waals surface area contributed by atoms with E-state index in [1.807, 2.05) is 0 Å². The lowest BCUT2D eigenvalue weighted by Gasteiger charge is -2.13. The number of benzene rings is 1. The highest BCUT2D eigenvalue weighted by molar-refractivity contribution is 5.99. The van der Waals surface area contributed by atoms with E-state index in [9.17, 15) is 9.59 Å². The normalized spacial score (nSPS) is 14.1. The molecule has 0 unspecified atom stereocenters. The molecule has 0 heterocycles. The molecule has 1 aromatic carbocycles. The molecule has 1 aliphatic carbocycles. The number of hydrogen-bond acceptors (Lipinski definition) is 3. The maximum Gasteiger partial charge on any atom is 0.253 e. The van der Waals surface area contributed by atoms with Crippen molar-refractivity contribution in [2.45, 2.75) is 32.1 Å². The number of hydrogen-bond donors (Lipinski definition) is 1. The van der Waals surface area contributed by atoms with E-state index in [-0.39, 0.29) is 5.91 Å². The van der Waals surface area contributed by atoms with Gasteiger partial charge < -0.3 is 5.32 Å². The number of rotatable bonds is 5. The molecule has 0 saturated heterocycles. The van der Waals surface area contributed by atoms with Crippen LogP contribution in [0.2, 0.25) is 0 Å². The van der Waals surface area contributed by atoms with Gasteiger partial charge in [0.05, 0.1) is 11.3 Å². The molecular weight excluding hydrogens is 252 g/mol.